The van der Waals surface area contributed by atoms with Crippen LogP contribution in [0.2, 0.25) is 0 Å². The van der Waals surface area contributed by atoms with E-state index in [0.717, 1.165) is 10.9 Å². The molecular weight excluding hydrogens is 224 g/mol. The smallest absolute Gasteiger partial charge is 0.101 e. The van der Waals surface area contributed by atoms with E-state index in [1.54, 1.807) is 6.07 Å². The Labute approximate surface area is 106 Å². The minimum atomic E-state index is 0.511. The molecule has 0 amide bonds. The van der Waals surface area contributed by atoms with Crippen molar-refractivity contribution < 1.29 is 0 Å². The lowest BCUT2D eigenvalue weighted by Crippen LogP contribution is -2.12. The second kappa shape index (κ2) is 4.34. The zero-order chi connectivity index (χ0) is 12.5. The molecule has 18 heavy (non-hydrogen) atoms. The molecule has 92 valence electrons. The van der Waals surface area contributed by atoms with Crippen LogP contribution in [0.15, 0.2) is 18.3 Å². The third kappa shape index (κ3) is 1.82. The molecule has 1 aliphatic rings. The third-order valence-corrected chi connectivity index (χ3v) is 3.76. The van der Waals surface area contributed by atoms with Crippen molar-refractivity contribution in [3.05, 3.63) is 23.9 Å². The number of hydrogen-bond acceptors (Lipinski definition) is 3. The molecule has 0 aliphatic heterocycles. The molecule has 0 radical (unpaired) electrons. The molecule has 1 aromatic heterocycles. The minimum Gasteiger partial charge on any atom is -0.398 e. The molecule has 1 aliphatic carbocycles. The van der Waals surface area contributed by atoms with E-state index in [1.807, 2.05) is 6.07 Å². The van der Waals surface area contributed by atoms with Gasteiger partial charge < -0.3 is 5.73 Å². The highest BCUT2D eigenvalue weighted by Crippen LogP contribution is 2.29. The number of nitrogens with zero attached hydrogens (tertiary/aromatic N) is 3. The fourth-order valence-electron chi connectivity index (χ4n) is 2.74. The average molecular weight is 240 g/mol. The highest BCUT2D eigenvalue weighted by atomic mass is 15.3. The molecule has 0 unspecified atom stereocenters. The third-order valence-electron chi connectivity index (χ3n) is 3.76. The Bertz CT molecular complexity index is 614. The summed E-state index contributed by atoms with van der Waals surface area (Å²) >= 11 is 0. The first-order valence-electron chi connectivity index (χ1n) is 6.46. The molecule has 1 fully saturated rings. The topological polar surface area (TPSA) is 67.6 Å². The van der Waals surface area contributed by atoms with Crippen LogP contribution in [0.25, 0.3) is 10.9 Å². The lowest BCUT2D eigenvalue weighted by Gasteiger charge is -2.21. The fourth-order valence-corrected chi connectivity index (χ4v) is 2.74. The first-order chi connectivity index (χ1) is 8.78. The molecule has 1 heterocycles. The molecule has 1 aromatic carbocycles. The van der Waals surface area contributed by atoms with E-state index in [1.165, 1.54) is 32.1 Å². The van der Waals surface area contributed by atoms with Crippen LogP contribution in [-0.2, 0) is 0 Å². The van der Waals surface area contributed by atoms with Crippen molar-refractivity contribution >= 4 is 16.6 Å². The van der Waals surface area contributed by atoms with Crippen LogP contribution in [-0.4, -0.2) is 9.78 Å². The Balaban J connectivity index is 2.03. The summed E-state index contributed by atoms with van der Waals surface area (Å²) in [6, 6.07) is 6.24. The summed E-state index contributed by atoms with van der Waals surface area (Å²) in [4.78, 5) is 0. The lowest BCUT2D eigenvalue weighted by atomic mass is 9.96. The maximum Gasteiger partial charge on any atom is 0.101 e. The van der Waals surface area contributed by atoms with Gasteiger partial charge in [-0.2, -0.15) is 10.4 Å². The van der Waals surface area contributed by atoms with E-state index in [4.69, 9.17) is 11.0 Å². The summed E-state index contributed by atoms with van der Waals surface area (Å²) in [7, 11) is 0. The summed E-state index contributed by atoms with van der Waals surface area (Å²) < 4.78 is 2.06. The number of nitrogen functional groups attached to an aromatic ring is 1. The highest BCUT2D eigenvalue weighted by Gasteiger charge is 2.16. The number of benzene rings is 1. The number of fused-ring (bicyclic) bond motifs is 1. The number of rotatable bonds is 1. The highest BCUT2D eigenvalue weighted by molar-refractivity contribution is 5.84. The van der Waals surface area contributed by atoms with E-state index in [2.05, 4.69) is 22.0 Å². The van der Waals surface area contributed by atoms with E-state index in [0.29, 0.717) is 17.3 Å². The van der Waals surface area contributed by atoms with Crippen molar-refractivity contribution in [1.82, 2.24) is 9.78 Å². The maximum absolute atomic E-state index is 8.97. The van der Waals surface area contributed by atoms with E-state index >= 15 is 0 Å². The summed E-state index contributed by atoms with van der Waals surface area (Å²) in [5.74, 6) is 0. The summed E-state index contributed by atoms with van der Waals surface area (Å²) in [5, 5.41) is 14.6. The molecule has 2 N–H and O–H groups in total. The van der Waals surface area contributed by atoms with Gasteiger partial charge in [0.2, 0.25) is 0 Å². The normalized spacial score (nSPS) is 16.8. The Morgan fingerprint density at radius 1 is 1.28 bits per heavy atom. The number of aromatic nitrogens is 2. The lowest BCUT2D eigenvalue weighted by molar-refractivity contribution is 0.331. The Hall–Kier alpha value is -2.02. The molecule has 4 heteroatoms. The molecule has 0 spiro atoms. The molecule has 0 bridgehead atoms. The molecule has 4 nitrogen and oxygen atoms in total. The van der Waals surface area contributed by atoms with Crippen molar-refractivity contribution in [3.8, 4) is 6.07 Å². The van der Waals surface area contributed by atoms with Crippen LogP contribution < -0.4 is 5.73 Å². The quantitative estimate of drug-likeness (QED) is 0.779. The molecule has 0 saturated heterocycles. The summed E-state index contributed by atoms with van der Waals surface area (Å²) in [5.41, 5.74) is 7.74. The molecule has 0 atom stereocenters. The van der Waals surface area contributed by atoms with Gasteiger partial charge in [-0.3, -0.25) is 4.68 Å². The second-order valence-electron chi connectivity index (χ2n) is 5.01. The Morgan fingerprint density at radius 3 is 2.78 bits per heavy atom. The molecule has 2 aromatic rings. The van der Waals surface area contributed by atoms with Crippen LogP contribution in [0.4, 0.5) is 5.69 Å². The largest absolute Gasteiger partial charge is 0.398 e. The van der Waals surface area contributed by atoms with Crippen LogP contribution in [0.5, 0.6) is 0 Å². The van der Waals surface area contributed by atoms with Crippen LogP contribution >= 0.6 is 0 Å². The average Bonchev–Trinajstić information content (AvgIpc) is 2.81. The van der Waals surface area contributed by atoms with E-state index in [-0.39, 0.29) is 0 Å². The maximum atomic E-state index is 8.97. The van der Waals surface area contributed by atoms with Crippen molar-refractivity contribution in [2.45, 2.75) is 38.1 Å². The van der Waals surface area contributed by atoms with Gasteiger partial charge in [0, 0.05) is 11.6 Å². The van der Waals surface area contributed by atoms with Gasteiger partial charge in [-0.15, -0.1) is 0 Å². The van der Waals surface area contributed by atoms with Gasteiger partial charge in [0.1, 0.15) is 6.07 Å². The van der Waals surface area contributed by atoms with Crippen molar-refractivity contribution in [1.29, 1.82) is 5.26 Å². The van der Waals surface area contributed by atoms with Gasteiger partial charge in [0.25, 0.3) is 0 Å². The van der Waals surface area contributed by atoms with Crippen LogP contribution in [0.3, 0.4) is 0 Å². The molecule has 3 rings (SSSR count). The monoisotopic (exact) mass is 240 g/mol. The van der Waals surface area contributed by atoms with Crippen LogP contribution in [0, 0.1) is 11.3 Å². The van der Waals surface area contributed by atoms with Crippen molar-refractivity contribution in [2.75, 3.05) is 5.73 Å². The van der Waals surface area contributed by atoms with Gasteiger partial charge in [-0.25, -0.2) is 0 Å². The molecule has 1 saturated carbocycles. The number of anilines is 1. The predicted octanol–water partition coefficient (Wildman–Crippen LogP) is 3.00. The predicted molar refractivity (Wildman–Crippen MR) is 71.0 cm³/mol. The SMILES string of the molecule is N#Cc1cc2nn(C3CCCCC3)cc2cc1N. The minimum absolute atomic E-state index is 0.511. The number of hydrogen-bond donors (Lipinski definition) is 1. The first kappa shape index (κ1) is 11.1. The van der Waals surface area contributed by atoms with E-state index in [9.17, 15) is 0 Å². The van der Waals surface area contributed by atoms with Crippen LogP contribution in [0.1, 0.15) is 43.7 Å². The van der Waals surface area contributed by atoms with Crippen molar-refractivity contribution in [3.63, 3.8) is 0 Å². The van der Waals surface area contributed by atoms with Gasteiger partial charge in [0.05, 0.1) is 22.8 Å². The zero-order valence-electron chi connectivity index (χ0n) is 10.3. The van der Waals surface area contributed by atoms with Gasteiger partial charge in [0.15, 0.2) is 0 Å². The zero-order valence-corrected chi connectivity index (χ0v) is 10.3. The second-order valence-corrected chi connectivity index (χ2v) is 5.01. The first-order valence-corrected chi connectivity index (χ1v) is 6.46. The summed E-state index contributed by atoms with van der Waals surface area (Å²) in [6.07, 6.45) is 8.37. The molecular formula is C14H16N4. The standard InChI is InChI=1S/C14H16N4/c15-8-10-7-14-11(6-13(10)16)9-18(17-14)12-4-2-1-3-5-12/h6-7,9,12H,1-5,16H2. The summed E-state index contributed by atoms with van der Waals surface area (Å²) in [6.45, 7) is 0. The van der Waals surface area contributed by atoms with Gasteiger partial charge in [-0.05, 0) is 25.0 Å². The Kier molecular flexibility index (Phi) is 2.67. The fraction of sp³-hybridized carbons (Fsp3) is 0.429. The number of nitriles is 1. The van der Waals surface area contributed by atoms with Gasteiger partial charge >= 0.3 is 0 Å². The van der Waals surface area contributed by atoms with E-state index < -0.39 is 0 Å². The van der Waals surface area contributed by atoms with Gasteiger partial charge in [-0.1, -0.05) is 19.3 Å². The Morgan fingerprint density at radius 2 is 2.06 bits per heavy atom. The number of nitrogens with two attached hydrogens (primary N) is 1. The van der Waals surface area contributed by atoms with Crippen molar-refractivity contribution in [2.24, 2.45) is 0 Å².